The Hall–Kier alpha value is -1.49. The van der Waals surface area contributed by atoms with Crippen molar-refractivity contribution in [3.05, 3.63) is 35.4 Å². The fourth-order valence-electron chi connectivity index (χ4n) is 1.67. The molecule has 92 valence electrons. The van der Waals surface area contributed by atoms with E-state index in [1.165, 1.54) is 6.07 Å². The summed E-state index contributed by atoms with van der Waals surface area (Å²) < 4.78 is 26.2. The highest BCUT2D eigenvalue weighted by atomic mass is 19.1. The highest BCUT2D eigenvalue weighted by Gasteiger charge is 2.27. The third kappa shape index (κ3) is 3.00. The molecule has 2 N–H and O–H groups in total. The maximum atomic E-state index is 13.5. The molecule has 1 aliphatic carbocycles. The van der Waals surface area contributed by atoms with Crippen LogP contribution in [0.5, 0.6) is 0 Å². The van der Waals surface area contributed by atoms with Crippen molar-refractivity contribution in [1.29, 1.82) is 0 Å². The Morgan fingerprint density at radius 3 is 2.71 bits per heavy atom. The van der Waals surface area contributed by atoms with E-state index in [0.29, 0.717) is 18.5 Å². The lowest BCUT2D eigenvalue weighted by Gasteiger charge is -2.15. The van der Waals surface area contributed by atoms with Gasteiger partial charge in [-0.3, -0.25) is 4.79 Å². The van der Waals surface area contributed by atoms with E-state index in [1.54, 1.807) is 0 Å². The Morgan fingerprint density at radius 1 is 1.47 bits per heavy atom. The summed E-state index contributed by atoms with van der Waals surface area (Å²) >= 11 is 0. The Balaban J connectivity index is 2.15. The second kappa shape index (κ2) is 4.79. The molecule has 0 bridgehead atoms. The number of halogens is 2. The molecule has 0 aromatic heterocycles. The minimum atomic E-state index is -1.16. The fourth-order valence-corrected chi connectivity index (χ4v) is 1.67. The number of carbonyl (C=O) groups is 1. The quantitative estimate of drug-likeness (QED) is 0.829. The first kappa shape index (κ1) is 12.0. The molecule has 1 atom stereocenters. The average molecular weight is 241 g/mol. The van der Waals surface area contributed by atoms with Crippen LogP contribution in [0, 0.1) is 17.6 Å². The van der Waals surface area contributed by atoms with E-state index in [-0.39, 0.29) is 5.56 Å². The van der Waals surface area contributed by atoms with Gasteiger partial charge in [-0.05, 0) is 31.4 Å². The van der Waals surface area contributed by atoms with Gasteiger partial charge >= 0.3 is 5.97 Å². The minimum Gasteiger partial charge on any atom is -0.480 e. The second-order valence-electron chi connectivity index (χ2n) is 4.29. The van der Waals surface area contributed by atoms with E-state index in [1.807, 2.05) is 0 Å². The zero-order valence-electron chi connectivity index (χ0n) is 9.12. The maximum Gasteiger partial charge on any atom is 0.325 e. The Kier molecular flexibility index (Phi) is 3.38. The summed E-state index contributed by atoms with van der Waals surface area (Å²) in [6.07, 6.45) is 2.15. The predicted molar refractivity (Wildman–Crippen MR) is 57.5 cm³/mol. The van der Waals surface area contributed by atoms with Gasteiger partial charge in [0.05, 0.1) is 0 Å². The number of benzene rings is 1. The van der Waals surface area contributed by atoms with Crippen LogP contribution in [-0.2, 0) is 4.79 Å². The topological polar surface area (TPSA) is 49.3 Å². The van der Waals surface area contributed by atoms with Crippen molar-refractivity contribution in [2.75, 3.05) is 6.54 Å². The summed E-state index contributed by atoms with van der Waals surface area (Å²) in [5.74, 6) is -2.21. The molecule has 0 saturated heterocycles. The number of hydrogen-bond donors (Lipinski definition) is 2. The van der Waals surface area contributed by atoms with Gasteiger partial charge < -0.3 is 10.4 Å². The van der Waals surface area contributed by atoms with Crippen molar-refractivity contribution in [1.82, 2.24) is 5.32 Å². The number of carboxylic acids is 1. The van der Waals surface area contributed by atoms with E-state index in [0.717, 1.165) is 18.9 Å². The zero-order chi connectivity index (χ0) is 12.4. The predicted octanol–water partition coefficient (Wildman–Crippen LogP) is 2.09. The molecule has 1 aromatic carbocycles. The van der Waals surface area contributed by atoms with Crippen molar-refractivity contribution in [3.63, 3.8) is 0 Å². The van der Waals surface area contributed by atoms with Gasteiger partial charge in [0.1, 0.15) is 17.7 Å². The highest BCUT2D eigenvalue weighted by Crippen LogP contribution is 2.29. The lowest BCUT2D eigenvalue weighted by atomic mass is 10.1. The molecule has 1 unspecified atom stereocenters. The monoisotopic (exact) mass is 241 g/mol. The summed E-state index contributed by atoms with van der Waals surface area (Å²) in [7, 11) is 0. The van der Waals surface area contributed by atoms with Crippen molar-refractivity contribution < 1.29 is 18.7 Å². The van der Waals surface area contributed by atoms with Gasteiger partial charge in [-0.15, -0.1) is 0 Å². The van der Waals surface area contributed by atoms with Crippen LogP contribution in [0.4, 0.5) is 8.78 Å². The molecular formula is C12H13F2NO2. The van der Waals surface area contributed by atoms with E-state index in [9.17, 15) is 13.6 Å². The molecule has 1 aliphatic rings. The third-order valence-corrected chi connectivity index (χ3v) is 2.83. The molecule has 0 spiro atoms. The average Bonchev–Trinajstić information content (AvgIpc) is 3.04. The summed E-state index contributed by atoms with van der Waals surface area (Å²) in [5, 5.41) is 11.8. The van der Waals surface area contributed by atoms with Gasteiger partial charge in [-0.2, -0.15) is 0 Å². The molecular weight excluding hydrogens is 228 g/mol. The van der Waals surface area contributed by atoms with Crippen molar-refractivity contribution >= 4 is 5.97 Å². The van der Waals surface area contributed by atoms with Gasteiger partial charge in [0.2, 0.25) is 0 Å². The zero-order valence-corrected chi connectivity index (χ0v) is 9.12. The van der Waals surface area contributed by atoms with Crippen molar-refractivity contribution in [2.24, 2.45) is 5.92 Å². The number of rotatable bonds is 5. The Bertz CT molecular complexity index is 433. The van der Waals surface area contributed by atoms with Crippen LogP contribution in [-0.4, -0.2) is 17.6 Å². The molecule has 1 saturated carbocycles. The standard InChI is InChI=1S/C12H13F2NO2/c13-8-3-4-9(10(14)5-8)11(12(16)17)15-6-7-1-2-7/h3-5,7,11,15H,1-2,6H2,(H,16,17). The Morgan fingerprint density at radius 2 is 2.18 bits per heavy atom. The largest absolute Gasteiger partial charge is 0.480 e. The van der Waals surface area contributed by atoms with Gasteiger partial charge in [0, 0.05) is 11.6 Å². The van der Waals surface area contributed by atoms with Gasteiger partial charge in [-0.1, -0.05) is 6.07 Å². The lowest BCUT2D eigenvalue weighted by molar-refractivity contribution is -0.139. The van der Waals surface area contributed by atoms with Crippen LogP contribution in [0.3, 0.4) is 0 Å². The van der Waals surface area contributed by atoms with Gasteiger partial charge in [-0.25, -0.2) is 8.78 Å². The molecule has 0 aliphatic heterocycles. The SMILES string of the molecule is O=C(O)C(NCC1CC1)c1ccc(F)cc1F. The maximum absolute atomic E-state index is 13.5. The van der Waals surface area contributed by atoms with E-state index < -0.39 is 23.6 Å². The molecule has 17 heavy (non-hydrogen) atoms. The smallest absolute Gasteiger partial charge is 0.325 e. The number of nitrogens with one attached hydrogen (secondary N) is 1. The first-order chi connectivity index (χ1) is 8.08. The van der Waals surface area contributed by atoms with E-state index in [4.69, 9.17) is 5.11 Å². The fraction of sp³-hybridized carbons (Fsp3) is 0.417. The van der Waals surface area contributed by atoms with Crippen LogP contribution < -0.4 is 5.32 Å². The second-order valence-corrected chi connectivity index (χ2v) is 4.29. The van der Waals surface area contributed by atoms with Crippen molar-refractivity contribution in [3.8, 4) is 0 Å². The Labute approximate surface area is 97.5 Å². The summed E-state index contributed by atoms with van der Waals surface area (Å²) in [6, 6.07) is 1.82. The molecule has 1 fully saturated rings. The molecule has 0 heterocycles. The van der Waals surface area contributed by atoms with Gasteiger partial charge in [0.25, 0.3) is 0 Å². The summed E-state index contributed by atoms with van der Waals surface area (Å²) in [6.45, 7) is 0.549. The first-order valence-electron chi connectivity index (χ1n) is 5.49. The van der Waals surface area contributed by atoms with Crippen LogP contribution in [0.25, 0.3) is 0 Å². The normalized spacial score (nSPS) is 16.8. The van der Waals surface area contributed by atoms with Crippen LogP contribution >= 0.6 is 0 Å². The number of carboxylic acid groups (broad SMARTS) is 1. The third-order valence-electron chi connectivity index (χ3n) is 2.83. The van der Waals surface area contributed by atoms with Crippen LogP contribution in [0.15, 0.2) is 18.2 Å². The molecule has 5 heteroatoms. The van der Waals surface area contributed by atoms with Crippen LogP contribution in [0.2, 0.25) is 0 Å². The van der Waals surface area contributed by atoms with Gasteiger partial charge in [0.15, 0.2) is 0 Å². The number of aliphatic carboxylic acids is 1. The van der Waals surface area contributed by atoms with E-state index >= 15 is 0 Å². The highest BCUT2D eigenvalue weighted by molar-refractivity contribution is 5.75. The lowest BCUT2D eigenvalue weighted by Crippen LogP contribution is -2.30. The summed E-state index contributed by atoms with van der Waals surface area (Å²) in [4.78, 5) is 11.0. The van der Waals surface area contributed by atoms with Crippen LogP contribution in [0.1, 0.15) is 24.4 Å². The first-order valence-corrected chi connectivity index (χ1v) is 5.49. The van der Waals surface area contributed by atoms with Crippen molar-refractivity contribution in [2.45, 2.75) is 18.9 Å². The van der Waals surface area contributed by atoms with E-state index in [2.05, 4.69) is 5.32 Å². The molecule has 2 rings (SSSR count). The number of hydrogen-bond acceptors (Lipinski definition) is 2. The summed E-state index contributed by atoms with van der Waals surface area (Å²) in [5.41, 5.74) is -0.0282. The molecule has 0 radical (unpaired) electrons. The molecule has 0 amide bonds. The minimum absolute atomic E-state index is 0.0282. The molecule has 1 aromatic rings. The molecule has 3 nitrogen and oxygen atoms in total.